The summed E-state index contributed by atoms with van der Waals surface area (Å²) in [6.07, 6.45) is 2.44. The number of rotatable bonds is 4. The van der Waals surface area contributed by atoms with Crippen LogP contribution in [0.1, 0.15) is 12.8 Å². The van der Waals surface area contributed by atoms with E-state index in [2.05, 4.69) is 11.9 Å². The van der Waals surface area contributed by atoms with E-state index < -0.39 is 12.1 Å². The Hall–Kier alpha value is -1.52. The lowest BCUT2D eigenvalue weighted by atomic mass is 10.0. The zero-order valence-electron chi connectivity index (χ0n) is 8.89. The second-order valence-corrected chi connectivity index (χ2v) is 4.38. The first-order valence-electron chi connectivity index (χ1n) is 5.40. The van der Waals surface area contributed by atoms with E-state index >= 15 is 0 Å². The third-order valence-electron chi connectivity index (χ3n) is 3.39. The molecular weight excluding hydrogens is 210 g/mol. The van der Waals surface area contributed by atoms with E-state index in [0.29, 0.717) is 12.3 Å². The average molecular weight is 225 g/mol. The second kappa shape index (κ2) is 4.15. The van der Waals surface area contributed by atoms with Crippen LogP contribution >= 0.6 is 0 Å². The Balaban J connectivity index is 1.82. The number of carboxylic acids is 1. The fraction of sp³-hybridized carbons (Fsp3) is 0.636. The van der Waals surface area contributed by atoms with Crippen molar-refractivity contribution < 1.29 is 19.4 Å². The average Bonchev–Trinajstić information content (AvgIpc) is 2.94. The molecule has 2 aliphatic carbocycles. The van der Waals surface area contributed by atoms with Crippen LogP contribution in [0.3, 0.4) is 0 Å². The standard InChI is InChI=1S/C11H15NO4/c1-2-3-16-11(15)12-9-5-8(10(13)14)6-4-7(6)9/h2,6-9H,1,3-5H2,(H,12,15)(H,13,14)/t6-,7+,8-,9+/m1/s1. The van der Waals surface area contributed by atoms with Crippen LogP contribution in [0.15, 0.2) is 12.7 Å². The minimum Gasteiger partial charge on any atom is -0.481 e. The lowest BCUT2D eigenvalue weighted by molar-refractivity contribution is -0.142. The first kappa shape index (κ1) is 11.0. The van der Waals surface area contributed by atoms with Crippen LogP contribution in [0.5, 0.6) is 0 Å². The van der Waals surface area contributed by atoms with Crippen molar-refractivity contribution in [2.75, 3.05) is 6.61 Å². The van der Waals surface area contributed by atoms with Gasteiger partial charge in [0, 0.05) is 6.04 Å². The van der Waals surface area contributed by atoms with E-state index in [-0.39, 0.29) is 24.5 Å². The smallest absolute Gasteiger partial charge is 0.407 e. The predicted octanol–water partition coefficient (Wildman–Crippen LogP) is 1.01. The molecule has 5 nitrogen and oxygen atoms in total. The van der Waals surface area contributed by atoms with Crippen molar-refractivity contribution in [2.45, 2.75) is 18.9 Å². The molecule has 0 spiro atoms. The maximum absolute atomic E-state index is 11.3. The van der Waals surface area contributed by atoms with Crippen LogP contribution in [0.4, 0.5) is 4.79 Å². The second-order valence-electron chi connectivity index (χ2n) is 4.38. The minimum absolute atomic E-state index is 0.0385. The van der Waals surface area contributed by atoms with E-state index in [1.165, 1.54) is 6.08 Å². The number of carbonyl (C=O) groups is 2. The van der Waals surface area contributed by atoms with Gasteiger partial charge in [-0.05, 0) is 24.7 Å². The monoisotopic (exact) mass is 225 g/mol. The number of carboxylic acid groups (broad SMARTS) is 1. The van der Waals surface area contributed by atoms with Crippen LogP contribution < -0.4 is 5.32 Å². The van der Waals surface area contributed by atoms with Gasteiger partial charge >= 0.3 is 12.1 Å². The van der Waals surface area contributed by atoms with Crippen molar-refractivity contribution in [3.63, 3.8) is 0 Å². The molecule has 0 aromatic rings. The Labute approximate surface area is 93.5 Å². The third-order valence-corrected chi connectivity index (χ3v) is 3.39. The summed E-state index contributed by atoms with van der Waals surface area (Å²) in [5, 5.41) is 11.7. The van der Waals surface area contributed by atoms with E-state index in [0.717, 1.165) is 6.42 Å². The Morgan fingerprint density at radius 3 is 2.75 bits per heavy atom. The van der Waals surface area contributed by atoms with Gasteiger partial charge < -0.3 is 15.2 Å². The highest BCUT2D eigenvalue weighted by Crippen LogP contribution is 2.55. The number of hydrogen-bond acceptors (Lipinski definition) is 3. The molecule has 2 aliphatic rings. The summed E-state index contributed by atoms with van der Waals surface area (Å²) in [7, 11) is 0. The molecule has 2 fully saturated rings. The number of aliphatic carboxylic acids is 1. The zero-order valence-corrected chi connectivity index (χ0v) is 8.89. The molecule has 2 rings (SSSR count). The van der Waals surface area contributed by atoms with Gasteiger partial charge in [0.2, 0.25) is 0 Å². The Morgan fingerprint density at radius 2 is 2.19 bits per heavy atom. The van der Waals surface area contributed by atoms with E-state index in [4.69, 9.17) is 9.84 Å². The Kier molecular flexibility index (Phi) is 2.85. The maximum atomic E-state index is 11.3. The quantitative estimate of drug-likeness (QED) is 0.700. The van der Waals surface area contributed by atoms with E-state index in [9.17, 15) is 9.59 Å². The molecule has 2 saturated carbocycles. The Morgan fingerprint density at radius 1 is 1.44 bits per heavy atom. The number of ether oxygens (including phenoxy) is 1. The summed E-state index contributed by atoms with van der Waals surface area (Å²) in [6.45, 7) is 3.62. The third kappa shape index (κ3) is 2.03. The molecule has 5 heteroatoms. The van der Waals surface area contributed by atoms with Crippen molar-refractivity contribution >= 4 is 12.1 Å². The summed E-state index contributed by atoms with van der Waals surface area (Å²) in [4.78, 5) is 22.2. The molecule has 1 amide bonds. The highest BCUT2D eigenvalue weighted by molar-refractivity contribution is 5.73. The lowest BCUT2D eigenvalue weighted by Gasteiger charge is -2.15. The van der Waals surface area contributed by atoms with Gasteiger partial charge in [-0.25, -0.2) is 4.79 Å². The molecule has 0 heterocycles. The number of carbonyl (C=O) groups excluding carboxylic acids is 1. The molecule has 0 saturated heterocycles. The van der Waals surface area contributed by atoms with Gasteiger partial charge in [0.1, 0.15) is 6.61 Å². The lowest BCUT2D eigenvalue weighted by Crippen LogP contribution is -2.36. The van der Waals surface area contributed by atoms with Gasteiger partial charge in [-0.2, -0.15) is 0 Å². The molecule has 16 heavy (non-hydrogen) atoms. The summed E-state index contributed by atoms with van der Waals surface area (Å²) >= 11 is 0. The van der Waals surface area contributed by atoms with Crippen molar-refractivity contribution in [2.24, 2.45) is 17.8 Å². The van der Waals surface area contributed by atoms with Gasteiger partial charge in [0.15, 0.2) is 0 Å². The SMILES string of the molecule is C=CCOC(=O)N[C@H]1C[C@@H](C(=O)O)[C@@H]2C[C@@H]21. The largest absolute Gasteiger partial charge is 0.481 e. The summed E-state index contributed by atoms with van der Waals surface area (Å²) in [6, 6.07) is -0.0385. The van der Waals surface area contributed by atoms with Gasteiger partial charge in [-0.3, -0.25) is 4.79 Å². The van der Waals surface area contributed by atoms with Crippen LogP contribution in [0.2, 0.25) is 0 Å². The predicted molar refractivity (Wildman–Crippen MR) is 55.8 cm³/mol. The minimum atomic E-state index is -0.753. The normalized spacial score (nSPS) is 35.0. The molecule has 2 N–H and O–H groups in total. The first-order valence-corrected chi connectivity index (χ1v) is 5.40. The zero-order chi connectivity index (χ0) is 11.7. The number of alkyl carbamates (subject to hydrolysis) is 1. The fourth-order valence-electron chi connectivity index (χ4n) is 2.56. The van der Waals surface area contributed by atoms with Crippen LogP contribution in [0.25, 0.3) is 0 Å². The molecule has 0 aliphatic heterocycles. The van der Waals surface area contributed by atoms with Gasteiger partial charge in [-0.15, -0.1) is 0 Å². The summed E-state index contributed by atoms with van der Waals surface area (Å²) < 4.78 is 4.80. The summed E-state index contributed by atoms with van der Waals surface area (Å²) in [5.41, 5.74) is 0. The van der Waals surface area contributed by atoms with Gasteiger partial charge in [0.05, 0.1) is 5.92 Å². The highest BCUT2D eigenvalue weighted by atomic mass is 16.5. The van der Waals surface area contributed by atoms with Crippen LogP contribution in [0, 0.1) is 17.8 Å². The van der Waals surface area contributed by atoms with Crippen molar-refractivity contribution in [1.82, 2.24) is 5.32 Å². The molecule has 0 unspecified atom stereocenters. The molecule has 88 valence electrons. The molecule has 0 aromatic heterocycles. The van der Waals surface area contributed by atoms with E-state index in [1.807, 2.05) is 0 Å². The number of amides is 1. The van der Waals surface area contributed by atoms with Crippen molar-refractivity contribution in [3.8, 4) is 0 Å². The molecule has 0 radical (unpaired) electrons. The van der Waals surface area contributed by atoms with Crippen molar-refractivity contribution in [1.29, 1.82) is 0 Å². The maximum Gasteiger partial charge on any atom is 0.407 e. The molecule has 4 atom stereocenters. The topological polar surface area (TPSA) is 75.6 Å². The van der Waals surface area contributed by atoms with Crippen molar-refractivity contribution in [3.05, 3.63) is 12.7 Å². The number of hydrogen-bond donors (Lipinski definition) is 2. The molecular formula is C11H15NO4. The Bertz CT molecular complexity index is 328. The van der Waals surface area contributed by atoms with Gasteiger partial charge in [-0.1, -0.05) is 12.7 Å². The number of fused-ring (bicyclic) bond motifs is 1. The first-order chi connectivity index (χ1) is 7.63. The molecule has 0 bridgehead atoms. The van der Waals surface area contributed by atoms with Gasteiger partial charge in [0.25, 0.3) is 0 Å². The van der Waals surface area contributed by atoms with Crippen LogP contribution in [-0.4, -0.2) is 29.8 Å². The van der Waals surface area contributed by atoms with E-state index in [1.54, 1.807) is 0 Å². The fourth-order valence-corrected chi connectivity index (χ4v) is 2.56. The summed E-state index contributed by atoms with van der Waals surface area (Å²) in [5.74, 6) is -0.467. The highest BCUT2D eigenvalue weighted by Gasteiger charge is 2.57. The molecule has 0 aromatic carbocycles. The van der Waals surface area contributed by atoms with Crippen LogP contribution in [-0.2, 0) is 9.53 Å². The number of nitrogens with one attached hydrogen (secondary N) is 1.